The predicted molar refractivity (Wildman–Crippen MR) is 126 cm³/mol. The van der Waals surface area contributed by atoms with E-state index >= 15 is 0 Å². The van der Waals surface area contributed by atoms with Gasteiger partial charge >= 0.3 is 0 Å². The molecule has 34 heavy (non-hydrogen) atoms. The molecule has 0 saturated heterocycles. The molecule has 5 rings (SSSR count). The van der Waals surface area contributed by atoms with E-state index in [4.69, 9.17) is 0 Å². The first kappa shape index (κ1) is 22.1. The van der Waals surface area contributed by atoms with Crippen molar-refractivity contribution in [2.75, 3.05) is 5.32 Å². The lowest BCUT2D eigenvalue weighted by molar-refractivity contribution is -0.116. The van der Waals surface area contributed by atoms with Crippen LogP contribution in [0.1, 0.15) is 41.8 Å². The Hall–Kier alpha value is -3.68. The van der Waals surface area contributed by atoms with Gasteiger partial charge in [0.25, 0.3) is 0 Å². The molecule has 2 atom stereocenters. The van der Waals surface area contributed by atoms with E-state index in [1.165, 1.54) is 18.2 Å². The first-order valence-corrected chi connectivity index (χ1v) is 11.1. The number of aromatic nitrogens is 1. The Morgan fingerprint density at radius 3 is 2.56 bits per heavy atom. The number of aliphatic hydroxyl groups excluding tert-OH is 1. The zero-order valence-electron chi connectivity index (χ0n) is 18.3. The highest BCUT2D eigenvalue weighted by molar-refractivity contribution is 5.92. The minimum Gasteiger partial charge on any atom is -0.374 e. The van der Waals surface area contributed by atoms with E-state index in [0.717, 1.165) is 16.3 Å². The van der Waals surface area contributed by atoms with Crippen molar-refractivity contribution in [2.45, 2.75) is 31.7 Å². The number of hydrogen-bond acceptors (Lipinski definition) is 4. The van der Waals surface area contributed by atoms with E-state index in [1.54, 1.807) is 35.4 Å². The summed E-state index contributed by atoms with van der Waals surface area (Å²) >= 11 is 0. The molecule has 172 valence electrons. The van der Waals surface area contributed by atoms with Crippen LogP contribution in [0.15, 0.2) is 79.0 Å². The average molecular weight is 459 g/mol. The molecule has 1 aliphatic heterocycles. The Morgan fingerprint density at radius 1 is 1.00 bits per heavy atom. The van der Waals surface area contributed by atoms with Gasteiger partial charge in [0.15, 0.2) is 0 Å². The van der Waals surface area contributed by atoms with Gasteiger partial charge in [-0.25, -0.2) is 13.8 Å². The van der Waals surface area contributed by atoms with Crippen molar-refractivity contribution in [3.63, 3.8) is 0 Å². The minimum atomic E-state index is -1.02. The molecule has 2 heterocycles. The van der Waals surface area contributed by atoms with E-state index in [0.29, 0.717) is 23.4 Å². The Bertz CT molecular complexity index is 1340. The highest BCUT2D eigenvalue weighted by Crippen LogP contribution is 2.45. The number of fused-ring (bicyclic) bond motifs is 2. The maximum atomic E-state index is 14.8. The number of carbonyl (C=O) groups excluding carboxylic acids is 1. The lowest BCUT2D eigenvalue weighted by atomic mass is 9.99. The van der Waals surface area contributed by atoms with Crippen molar-refractivity contribution in [1.82, 2.24) is 9.88 Å². The van der Waals surface area contributed by atoms with E-state index in [1.807, 2.05) is 30.3 Å². The first-order valence-electron chi connectivity index (χ1n) is 11.1. The van der Waals surface area contributed by atoms with Crippen LogP contribution in [0, 0.1) is 11.6 Å². The van der Waals surface area contributed by atoms with Gasteiger partial charge in [0.2, 0.25) is 5.91 Å². The van der Waals surface area contributed by atoms with Crippen molar-refractivity contribution >= 4 is 22.5 Å². The van der Waals surface area contributed by atoms with E-state index in [-0.39, 0.29) is 24.7 Å². The standard InChI is InChI=1S/C27H23F2N3O2/c28-20-10-8-17(9-11-20)16-32-23(26-21(27(32)34)6-3-7-22(26)29)12-13-25(33)31-24-14-18-4-1-2-5-19(18)15-30-24/h1-11,14-15,23,27,34H,12-13,16H2,(H,30,31,33). The third kappa shape index (κ3) is 4.40. The second kappa shape index (κ2) is 9.29. The van der Waals surface area contributed by atoms with Crippen LogP contribution in [-0.2, 0) is 11.3 Å². The monoisotopic (exact) mass is 459 g/mol. The molecule has 0 saturated carbocycles. The maximum Gasteiger partial charge on any atom is 0.225 e. The second-order valence-electron chi connectivity index (χ2n) is 8.43. The van der Waals surface area contributed by atoms with E-state index < -0.39 is 18.1 Å². The van der Waals surface area contributed by atoms with E-state index in [9.17, 15) is 18.7 Å². The minimum absolute atomic E-state index is 0.111. The van der Waals surface area contributed by atoms with Gasteiger partial charge in [0, 0.05) is 41.7 Å². The molecule has 0 radical (unpaired) electrons. The SMILES string of the molecule is O=C(CCC1c2c(F)cccc2C(O)N1Cc1ccc(F)cc1)Nc1cc2ccccc2cn1. The number of anilines is 1. The summed E-state index contributed by atoms with van der Waals surface area (Å²) in [4.78, 5) is 18.8. The summed E-state index contributed by atoms with van der Waals surface area (Å²) in [5.74, 6) is -0.566. The van der Waals surface area contributed by atoms with Gasteiger partial charge < -0.3 is 10.4 Å². The zero-order chi connectivity index (χ0) is 23.7. The highest BCUT2D eigenvalue weighted by atomic mass is 19.1. The molecular weight excluding hydrogens is 436 g/mol. The van der Waals surface area contributed by atoms with Crippen molar-refractivity contribution in [3.8, 4) is 0 Å². The van der Waals surface area contributed by atoms with Gasteiger partial charge in [-0.1, -0.05) is 48.5 Å². The Balaban J connectivity index is 1.33. The highest BCUT2D eigenvalue weighted by Gasteiger charge is 2.39. The smallest absolute Gasteiger partial charge is 0.225 e. The molecule has 1 aliphatic rings. The second-order valence-corrected chi connectivity index (χ2v) is 8.43. The fraction of sp³-hybridized carbons (Fsp3) is 0.185. The third-order valence-corrected chi connectivity index (χ3v) is 6.23. The van der Waals surface area contributed by atoms with E-state index in [2.05, 4.69) is 10.3 Å². The van der Waals surface area contributed by atoms with Crippen molar-refractivity contribution in [3.05, 3.63) is 107 Å². The molecule has 2 unspecified atom stereocenters. The quantitative estimate of drug-likeness (QED) is 0.401. The number of carbonyl (C=O) groups is 1. The Morgan fingerprint density at radius 2 is 1.76 bits per heavy atom. The van der Waals surface area contributed by atoms with Gasteiger partial charge in [0.1, 0.15) is 23.7 Å². The fourth-order valence-electron chi connectivity index (χ4n) is 4.58. The van der Waals surface area contributed by atoms with Crippen LogP contribution in [0.3, 0.4) is 0 Å². The molecule has 5 nitrogen and oxygen atoms in total. The lowest BCUT2D eigenvalue weighted by Gasteiger charge is -2.28. The molecule has 0 bridgehead atoms. The molecule has 0 spiro atoms. The molecule has 0 fully saturated rings. The van der Waals surface area contributed by atoms with Crippen LogP contribution in [0.5, 0.6) is 0 Å². The lowest BCUT2D eigenvalue weighted by Crippen LogP contribution is -2.27. The molecule has 1 amide bonds. The predicted octanol–water partition coefficient (Wildman–Crippen LogP) is 5.48. The van der Waals surface area contributed by atoms with Crippen LogP contribution in [0.4, 0.5) is 14.6 Å². The number of halogens is 2. The van der Waals surface area contributed by atoms with Gasteiger partial charge in [-0.15, -0.1) is 0 Å². The summed E-state index contributed by atoms with van der Waals surface area (Å²) in [5.41, 5.74) is 1.67. The van der Waals surface area contributed by atoms with Crippen molar-refractivity contribution in [1.29, 1.82) is 0 Å². The summed E-state index contributed by atoms with van der Waals surface area (Å²) in [6.45, 7) is 0.286. The number of amides is 1. The number of rotatable bonds is 6. The molecule has 1 aromatic heterocycles. The zero-order valence-corrected chi connectivity index (χ0v) is 18.3. The summed E-state index contributed by atoms with van der Waals surface area (Å²) in [5, 5.41) is 15.7. The molecule has 0 aliphatic carbocycles. The largest absolute Gasteiger partial charge is 0.374 e. The van der Waals surface area contributed by atoms with Gasteiger partial charge in [-0.2, -0.15) is 0 Å². The number of pyridine rings is 1. The van der Waals surface area contributed by atoms with Crippen molar-refractivity contribution in [2.24, 2.45) is 0 Å². The molecule has 7 heteroatoms. The van der Waals surface area contributed by atoms with Crippen molar-refractivity contribution < 1.29 is 18.7 Å². The van der Waals surface area contributed by atoms with Gasteiger partial charge in [0.05, 0.1) is 0 Å². The van der Waals surface area contributed by atoms with Crippen LogP contribution in [-0.4, -0.2) is 20.9 Å². The summed E-state index contributed by atoms with van der Waals surface area (Å²) < 4.78 is 28.1. The molecule has 3 aromatic carbocycles. The summed E-state index contributed by atoms with van der Waals surface area (Å²) in [7, 11) is 0. The molecule has 2 N–H and O–H groups in total. The Labute approximate surface area is 195 Å². The van der Waals surface area contributed by atoms with Gasteiger partial charge in [-0.05, 0) is 41.6 Å². The average Bonchev–Trinajstić information content (AvgIpc) is 3.11. The maximum absolute atomic E-state index is 14.8. The summed E-state index contributed by atoms with van der Waals surface area (Å²) in [6.07, 6.45) is 1.09. The third-order valence-electron chi connectivity index (χ3n) is 6.23. The van der Waals surface area contributed by atoms with Crippen LogP contribution in [0.2, 0.25) is 0 Å². The molecule has 4 aromatic rings. The topological polar surface area (TPSA) is 65.5 Å². The number of aliphatic hydroxyl groups is 1. The number of hydrogen-bond donors (Lipinski definition) is 2. The van der Waals surface area contributed by atoms with Crippen LogP contribution in [0.25, 0.3) is 10.8 Å². The van der Waals surface area contributed by atoms with Crippen LogP contribution >= 0.6 is 0 Å². The number of nitrogens with one attached hydrogen (secondary N) is 1. The Kier molecular flexibility index (Phi) is 6.04. The normalized spacial score (nSPS) is 17.6. The number of benzene rings is 3. The number of nitrogens with zero attached hydrogens (tertiary/aromatic N) is 2. The summed E-state index contributed by atoms with van der Waals surface area (Å²) in [6, 6.07) is 19.6. The van der Waals surface area contributed by atoms with Crippen LogP contribution < -0.4 is 5.32 Å². The van der Waals surface area contributed by atoms with Gasteiger partial charge in [-0.3, -0.25) is 9.69 Å². The first-order chi connectivity index (χ1) is 16.5. The molecular formula is C27H23F2N3O2. The fourth-order valence-corrected chi connectivity index (χ4v) is 4.58.